The Bertz CT molecular complexity index is 624. The lowest BCUT2D eigenvalue weighted by atomic mass is 9.95. The van der Waals surface area contributed by atoms with Gasteiger partial charge in [0, 0.05) is 6.20 Å². The van der Waals surface area contributed by atoms with E-state index in [4.69, 9.17) is 16.3 Å². The fourth-order valence-corrected chi connectivity index (χ4v) is 3.59. The second kappa shape index (κ2) is 4.18. The van der Waals surface area contributed by atoms with Crippen molar-refractivity contribution in [2.24, 2.45) is 0 Å². The van der Waals surface area contributed by atoms with Gasteiger partial charge in [-0.05, 0) is 38.3 Å². The molecule has 4 heterocycles. The summed E-state index contributed by atoms with van der Waals surface area (Å²) in [6, 6.07) is 4.25. The molecule has 5 heteroatoms. The molecule has 4 unspecified atom stereocenters. The molecule has 2 fully saturated rings. The van der Waals surface area contributed by atoms with Gasteiger partial charge in [-0.3, -0.25) is 0 Å². The van der Waals surface area contributed by atoms with Gasteiger partial charge in [0.2, 0.25) is 0 Å². The lowest BCUT2D eigenvalue weighted by molar-refractivity contribution is 0.0939. The Morgan fingerprint density at radius 3 is 3.05 bits per heavy atom. The molecule has 2 aliphatic heterocycles. The fourth-order valence-electron chi connectivity index (χ4n) is 3.44. The number of ether oxygens (including phenoxy) is 1. The molecular formula is C14H16ClN3O. The molecule has 2 aromatic heterocycles. The van der Waals surface area contributed by atoms with E-state index in [2.05, 4.69) is 14.5 Å². The van der Waals surface area contributed by atoms with Gasteiger partial charge >= 0.3 is 0 Å². The van der Waals surface area contributed by atoms with Gasteiger partial charge in [0.15, 0.2) is 5.65 Å². The molecule has 0 aromatic carbocycles. The molecule has 0 amide bonds. The molecule has 0 aliphatic carbocycles. The van der Waals surface area contributed by atoms with Crippen molar-refractivity contribution >= 4 is 22.8 Å². The van der Waals surface area contributed by atoms with Gasteiger partial charge < -0.3 is 9.30 Å². The van der Waals surface area contributed by atoms with Crippen molar-refractivity contribution in [3.8, 4) is 0 Å². The Morgan fingerprint density at radius 1 is 1.47 bits per heavy atom. The Hall–Kier alpha value is -1.13. The number of aromatic nitrogens is 3. The summed E-state index contributed by atoms with van der Waals surface area (Å²) in [4.78, 5) is 9.15. The van der Waals surface area contributed by atoms with Crippen LogP contribution in [-0.4, -0.2) is 26.7 Å². The average Bonchev–Trinajstić information content (AvgIpc) is 3.10. The van der Waals surface area contributed by atoms with Crippen LogP contribution in [0, 0.1) is 0 Å². The first kappa shape index (κ1) is 11.7. The highest BCUT2D eigenvalue weighted by molar-refractivity contribution is 6.20. The fraction of sp³-hybridized carbons (Fsp3) is 0.571. The van der Waals surface area contributed by atoms with Crippen LogP contribution in [0.25, 0.3) is 11.2 Å². The summed E-state index contributed by atoms with van der Waals surface area (Å²) in [5.41, 5.74) is 1.86. The largest absolute Gasteiger partial charge is 0.373 e. The summed E-state index contributed by atoms with van der Waals surface area (Å²) in [5.74, 6) is 0.913. The second-order valence-corrected chi connectivity index (χ2v) is 6.13. The molecule has 0 N–H and O–H groups in total. The van der Waals surface area contributed by atoms with Crippen molar-refractivity contribution in [2.45, 2.75) is 49.8 Å². The summed E-state index contributed by atoms with van der Waals surface area (Å²) >= 11 is 6.31. The van der Waals surface area contributed by atoms with E-state index in [1.54, 1.807) is 0 Å². The molecule has 2 aromatic rings. The zero-order chi connectivity index (χ0) is 13.0. The monoisotopic (exact) mass is 277 g/mol. The van der Waals surface area contributed by atoms with Crippen LogP contribution in [0.2, 0.25) is 0 Å². The first-order valence-electron chi connectivity index (χ1n) is 6.86. The number of fused-ring (bicyclic) bond motifs is 3. The molecule has 2 bridgehead atoms. The Labute approximate surface area is 116 Å². The normalized spacial score (nSPS) is 31.2. The van der Waals surface area contributed by atoms with Crippen LogP contribution in [0.15, 0.2) is 18.3 Å². The topological polar surface area (TPSA) is 39.9 Å². The lowest BCUT2D eigenvalue weighted by Crippen LogP contribution is -2.23. The van der Waals surface area contributed by atoms with Crippen molar-refractivity contribution in [2.75, 3.05) is 0 Å². The number of halogens is 1. The molecule has 2 aliphatic rings. The van der Waals surface area contributed by atoms with Crippen molar-refractivity contribution in [1.82, 2.24) is 14.5 Å². The average molecular weight is 278 g/mol. The van der Waals surface area contributed by atoms with Gasteiger partial charge in [-0.15, -0.1) is 11.6 Å². The molecule has 4 atom stereocenters. The SMILES string of the molecule is CC(Cl)c1nc2cccnc2n1C1CC2CCC1O2. The van der Waals surface area contributed by atoms with Crippen LogP contribution in [-0.2, 0) is 4.74 Å². The standard InChI is InChI=1S/C14H16ClN3O/c1-8(15)13-17-10-3-2-6-16-14(10)18(13)11-7-9-4-5-12(11)19-9/h2-3,6,8-9,11-12H,4-5,7H2,1H3. The summed E-state index contributed by atoms with van der Waals surface area (Å²) in [6.07, 6.45) is 5.92. The molecule has 4 rings (SSSR count). The number of rotatable bonds is 2. The first-order chi connectivity index (χ1) is 9.24. The lowest BCUT2D eigenvalue weighted by Gasteiger charge is -2.23. The second-order valence-electron chi connectivity index (χ2n) is 5.48. The molecule has 100 valence electrons. The molecule has 0 saturated carbocycles. The van der Waals surface area contributed by atoms with E-state index in [9.17, 15) is 0 Å². The van der Waals surface area contributed by atoms with Crippen molar-refractivity contribution < 1.29 is 4.74 Å². The number of hydrogen-bond acceptors (Lipinski definition) is 3. The van der Waals surface area contributed by atoms with Crippen molar-refractivity contribution in [3.63, 3.8) is 0 Å². The van der Waals surface area contributed by atoms with Crippen LogP contribution in [0.5, 0.6) is 0 Å². The third-order valence-corrected chi connectivity index (χ3v) is 4.43. The van der Waals surface area contributed by atoms with Gasteiger partial charge in [0.25, 0.3) is 0 Å². The minimum absolute atomic E-state index is 0.117. The zero-order valence-corrected chi connectivity index (χ0v) is 11.5. The first-order valence-corrected chi connectivity index (χ1v) is 7.30. The molecule has 0 spiro atoms. The number of imidazole rings is 1. The quantitative estimate of drug-likeness (QED) is 0.791. The highest BCUT2D eigenvalue weighted by atomic mass is 35.5. The smallest absolute Gasteiger partial charge is 0.160 e. The van der Waals surface area contributed by atoms with Crippen LogP contribution >= 0.6 is 11.6 Å². The minimum Gasteiger partial charge on any atom is -0.373 e. The van der Waals surface area contributed by atoms with E-state index in [-0.39, 0.29) is 5.38 Å². The zero-order valence-electron chi connectivity index (χ0n) is 10.8. The Balaban J connectivity index is 1.89. The summed E-state index contributed by atoms with van der Waals surface area (Å²) in [7, 11) is 0. The summed E-state index contributed by atoms with van der Waals surface area (Å²) in [5, 5.41) is -0.117. The molecule has 4 nitrogen and oxygen atoms in total. The van der Waals surface area contributed by atoms with Crippen LogP contribution < -0.4 is 0 Å². The van der Waals surface area contributed by atoms with Gasteiger partial charge in [-0.2, -0.15) is 0 Å². The van der Waals surface area contributed by atoms with E-state index in [1.807, 2.05) is 25.3 Å². The predicted molar refractivity (Wildman–Crippen MR) is 73.3 cm³/mol. The highest BCUT2D eigenvalue weighted by Crippen LogP contribution is 2.44. The van der Waals surface area contributed by atoms with E-state index in [0.29, 0.717) is 18.2 Å². The predicted octanol–water partition coefficient (Wildman–Crippen LogP) is 3.22. The molecule has 19 heavy (non-hydrogen) atoms. The van der Waals surface area contributed by atoms with Crippen LogP contribution in [0.1, 0.15) is 43.4 Å². The van der Waals surface area contributed by atoms with Crippen molar-refractivity contribution in [1.29, 1.82) is 0 Å². The third kappa shape index (κ3) is 1.70. The van der Waals surface area contributed by atoms with Crippen LogP contribution in [0.3, 0.4) is 0 Å². The van der Waals surface area contributed by atoms with Crippen LogP contribution in [0.4, 0.5) is 0 Å². The van der Waals surface area contributed by atoms with Gasteiger partial charge in [-0.25, -0.2) is 9.97 Å². The maximum absolute atomic E-state index is 6.31. The number of hydrogen-bond donors (Lipinski definition) is 0. The van der Waals surface area contributed by atoms with Crippen molar-refractivity contribution in [3.05, 3.63) is 24.2 Å². The maximum Gasteiger partial charge on any atom is 0.160 e. The maximum atomic E-state index is 6.31. The van der Waals surface area contributed by atoms with E-state index < -0.39 is 0 Å². The number of pyridine rings is 1. The molecule has 2 saturated heterocycles. The highest BCUT2D eigenvalue weighted by Gasteiger charge is 2.43. The number of alkyl halides is 1. The molecular weight excluding hydrogens is 262 g/mol. The minimum atomic E-state index is -0.117. The van der Waals surface area contributed by atoms with Gasteiger partial charge in [-0.1, -0.05) is 0 Å². The van der Waals surface area contributed by atoms with Gasteiger partial charge in [0.05, 0.1) is 23.6 Å². The summed E-state index contributed by atoms with van der Waals surface area (Å²) < 4.78 is 8.19. The third-order valence-electron chi connectivity index (χ3n) is 4.24. The van der Waals surface area contributed by atoms with Gasteiger partial charge in [0.1, 0.15) is 11.3 Å². The molecule has 0 radical (unpaired) electrons. The van der Waals surface area contributed by atoms with E-state index in [0.717, 1.165) is 29.8 Å². The number of nitrogens with zero attached hydrogens (tertiary/aromatic N) is 3. The summed E-state index contributed by atoms with van der Waals surface area (Å²) in [6.45, 7) is 1.97. The Kier molecular flexibility index (Phi) is 2.57. The van der Waals surface area contributed by atoms with E-state index >= 15 is 0 Å². The Morgan fingerprint density at radius 2 is 2.37 bits per heavy atom. The van der Waals surface area contributed by atoms with E-state index in [1.165, 1.54) is 6.42 Å².